The number of piperidine rings is 1. The first kappa shape index (κ1) is 22.0. The third-order valence-electron chi connectivity index (χ3n) is 5.15. The molecule has 32 heavy (non-hydrogen) atoms. The average molecular weight is 460 g/mol. The van der Waals surface area contributed by atoms with E-state index in [0.717, 1.165) is 25.5 Å². The van der Waals surface area contributed by atoms with Gasteiger partial charge in [0.25, 0.3) is 0 Å². The predicted octanol–water partition coefficient (Wildman–Crippen LogP) is 3.55. The number of amides is 1. The van der Waals surface area contributed by atoms with Crippen molar-refractivity contribution in [2.24, 2.45) is 0 Å². The SMILES string of the molecule is CC(C)OC(=O)N1CCCCC1n1ncc2c(Oc3ccc(S(C)(=O)=O)cc3)ncnc21. The largest absolute Gasteiger partial charge is 0.447 e. The van der Waals surface area contributed by atoms with Crippen molar-refractivity contribution in [1.82, 2.24) is 24.6 Å². The van der Waals surface area contributed by atoms with Crippen LogP contribution in [0.3, 0.4) is 0 Å². The predicted molar refractivity (Wildman–Crippen MR) is 116 cm³/mol. The van der Waals surface area contributed by atoms with Crippen LogP contribution in [0.15, 0.2) is 41.7 Å². The first-order valence-electron chi connectivity index (χ1n) is 10.4. The molecule has 1 fully saturated rings. The van der Waals surface area contributed by atoms with E-state index in [4.69, 9.17) is 9.47 Å². The summed E-state index contributed by atoms with van der Waals surface area (Å²) in [5, 5.41) is 5.07. The van der Waals surface area contributed by atoms with Crippen molar-refractivity contribution < 1.29 is 22.7 Å². The molecule has 0 radical (unpaired) electrons. The van der Waals surface area contributed by atoms with Crippen LogP contribution >= 0.6 is 0 Å². The van der Waals surface area contributed by atoms with Crippen molar-refractivity contribution in [1.29, 1.82) is 0 Å². The molecular formula is C21H25N5O5S. The fraction of sp³-hybridized carbons (Fsp3) is 0.429. The summed E-state index contributed by atoms with van der Waals surface area (Å²) >= 11 is 0. The number of benzene rings is 1. The molecule has 1 unspecified atom stereocenters. The Labute approximate surface area is 186 Å². The molecule has 3 heterocycles. The summed E-state index contributed by atoms with van der Waals surface area (Å²) in [5.41, 5.74) is 0.539. The molecule has 0 bridgehead atoms. The number of fused-ring (bicyclic) bond motifs is 1. The zero-order valence-corrected chi connectivity index (χ0v) is 18.9. The molecule has 0 aliphatic carbocycles. The van der Waals surface area contributed by atoms with E-state index in [1.807, 2.05) is 13.8 Å². The molecule has 11 heteroatoms. The molecule has 1 saturated heterocycles. The average Bonchev–Trinajstić information content (AvgIpc) is 3.18. The van der Waals surface area contributed by atoms with Crippen LogP contribution in [0.25, 0.3) is 11.0 Å². The molecule has 0 saturated carbocycles. The number of aromatic nitrogens is 4. The van der Waals surface area contributed by atoms with Gasteiger partial charge in [-0.25, -0.2) is 27.9 Å². The van der Waals surface area contributed by atoms with Crippen LogP contribution in [0.1, 0.15) is 39.3 Å². The molecule has 10 nitrogen and oxygen atoms in total. The van der Waals surface area contributed by atoms with Gasteiger partial charge < -0.3 is 9.47 Å². The maximum Gasteiger partial charge on any atom is 0.411 e. The van der Waals surface area contributed by atoms with Crippen molar-refractivity contribution in [3.8, 4) is 11.6 Å². The number of carbonyl (C=O) groups is 1. The monoisotopic (exact) mass is 459 g/mol. The summed E-state index contributed by atoms with van der Waals surface area (Å²) in [6.07, 6.45) is 5.82. The minimum atomic E-state index is -3.29. The number of sulfone groups is 1. The van der Waals surface area contributed by atoms with Gasteiger partial charge in [0.1, 0.15) is 23.6 Å². The van der Waals surface area contributed by atoms with Crippen LogP contribution in [0, 0.1) is 0 Å². The third-order valence-corrected chi connectivity index (χ3v) is 6.27. The molecule has 1 aromatic carbocycles. The summed E-state index contributed by atoms with van der Waals surface area (Å²) < 4.78 is 36.3. The van der Waals surface area contributed by atoms with Gasteiger partial charge in [-0.05, 0) is 57.4 Å². The topological polar surface area (TPSA) is 117 Å². The number of likely N-dealkylation sites (tertiary alicyclic amines) is 1. The van der Waals surface area contributed by atoms with E-state index in [1.165, 1.54) is 18.5 Å². The van der Waals surface area contributed by atoms with Gasteiger partial charge in [-0.1, -0.05) is 0 Å². The van der Waals surface area contributed by atoms with Gasteiger partial charge in [0.2, 0.25) is 5.88 Å². The van der Waals surface area contributed by atoms with Crippen molar-refractivity contribution in [2.45, 2.75) is 50.3 Å². The Morgan fingerprint density at radius 3 is 2.59 bits per heavy atom. The maximum absolute atomic E-state index is 12.6. The Kier molecular flexibility index (Phi) is 6.00. The highest BCUT2D eigenvalue weighted by atomic mass is 32.2. The molecule has 3 aromatic rings. The van der Waals surface area contributed by atoms with Crippen LogP contribution in [0.5, 0.6) is 11.6 Å². The smallest absolute Gasteiger partial charge is 0.411 e. The van der Waals surface area contributed by atoms with Crippen molar-refractivity contribution in [3.63, 3.8) is 0 Å². The lowest BCUT2D eigenvalue weighted by atomic mass is 10.1. The molecule has 0 N–H and O–H groups in total. The molecule has 1 aliphatic heterocycles. The van der Waals surface area contributed by atoms with Gasteiger partial charge in [-0.15, -0.1) is 0 Å². The maximum atomic E-state index is 12.6. The normalized spacial score (nSPS) is 17.0. The van der Waals surface area contributed by atoms with Crippen LogP contribution in [-0.2, 0) is 14.6 Å². The Balaban J connectivity index is 1.63. The highest BCUT2D eigenvalue weighted by molar-refractivity contribution is 7.90. The van der Waals surface area contributed by atoms with E-state index in [0.29, 0.717) is 29.2 Å². The van der Waals surface area contributed by atoms with Gasteiger partial charge in [-0.2, -0.15) is 5.10 Å². The van der Waals surface area contributed by atoms with E-state index < -0.39 is 9.84 Å². The Morgan fingerprint density at radius 2 is 1.91 bits per heavy atom. The minimum Gasteiger partial charge on any atom is -0.447 e. The second kappa shape index (κ2) is 8.73. The Morgan fingerprint density at radius 1 is 1.16 bits per heavy atom. The first-order chi connectivity index (χ1) is 15.2. The quantitative estimate of drug-likeness (QED) is 0.569. The molecule has 1 amide bonds. The second-order valence-corrected chi connectivity index (χ2v) is 9.97. The Hall–Kier alpha value is -3.21. The number of ether oxygens (including phenoxy) is 2. The molecule has 4 rings (SSSR count). The van der Waals surface area contributed by atoms with Gasteiger partial charge in [-0.3, -0.25) is 4.90 Å². The van der Waals surface area contributed by atoms with Crippen molar-refractivity contribution in [2.75, 3.05) is 12.8 Å². The second-order valence-electron chi connectivity index (χ2n) is 7.95. The first-order valence-corrected chi connectivity index (χ1v) is 12.3. The van der Waals surface area contributed by atoms with Crippen LogP contribution in [0.4, 0.5) is 4.79 Å². The van der Waals surface area contributed by atoms with Crippen LogP contribution < -0.4 is 4.74 Å². The molecule has 2 aromatic heterocycles. The number of nitrogens with zero attached hydrogens (tertiary/aromatic N) is 5. The van der Waals surface area contributed by atoms with Gasteiger partial charge in [0.15, 0.2) is 15.5 Å². The van der Waals surface area contributed by atoms with Gasteiger partial charge in [0, 0.05) is 12.8 Å². The van der Waals surface area contributed by atoms with E-state index >= 15 is 0 Å². The van der Waals surface area contributed by atoms with E-state index in [9.17, 15) is 13.2 Å². The standard InChI is InChI=1S/C21H25N5O5S/c1-14(2)30-21(27)25-11-5-4-6-18(25)26-19-17(12-24-26)20(23-13-22-19)31-15-7-9-16(10-8-15)32(3,28)29/h7-10,12-14,18H,4-6,11H2,1-3H3. The van der Waals surface area contributed by atoms with Gasteiger partial charge in [0.05, 0.1) is 17.2 Å². The highest BCUT2D eigenvalue weighted by Crippen LogP contribution is 2.32. The highest BCUT2D eigenvalue weighted by Gasteiger charge is 2.32. The molecule has 1 aliphatic rings. The summed E-state index contributed by atoms with van der Waals surface area (Å²) in [6.45, 7) is 4.22. The van der Waals surface area contributed by atoms with Crippen molar-refractivity contribution in [3.05, 3.63) is 36.8 Å². The lowest BCUT2D eigenvalue weighted by molar-refractivity contribution is 0.0332. The molecule has 1 atom stereocenters. The summed E-state index contributed by atoms with van der Waals surface area (Å²) in [4.78, 5) is 23.1. The molecule has 170 valence electrons. The fourth-order valence-electron chi connectivity index (χ4n) is 3.66. The number of hydrogen-bond acceptors (Lipinski definition) is 8. The molecular weight excluding hydrogens is 434 g/mol. The fourth-order valence-corrected chi connectivity index (χ4v) is 4.29. The van der Waals surface area contributed by atoms with Gasteiger partial charge >= 0.3 is 6.09 Å². The van der Waals surface area contributed by atoms with E-state index in [1.54, 1.807) is 27.9 Å². The number of rotatable bonds is 5. The Bertz CT molecular complexity index is 1220. The van der Waals surface area contributed by atoms with Crippen LogP contribution in [-0.4, -0.2) is 58.1 Å². The van der Waals surface area contributed by atoms with E-state index in [-0.39, 0.29) is 23.3 Å². The lowest BCUT2D eigenvalue weighted by Gasteiger charge is -2.35. The number of carbonyl (C=O) groups excluding carboxylic acids is 1. The third kappa shape index (κ3) is 4.52. The summed E-state index contributed by atoms with van der Waals surface area (Å²) in [6, 6.07) is 6.10. The minimum absolute atomic E-state index is 0.205. The molecule has 0 spiro atoms. The zero-order chi connectivity index (χ0) is 22.9. The summed E-state index contributed by atoms with van der Waals surface area (Å²) in [5.74, 6) is 0.727. The van der Waals surface area contributed by atoms with Crippen LogP contribution in [0.2, 0.25) is 0 Å². The lowest BCUT2D eigenvalue weighted by Crippen LogP contribution is -2.42. The summed E-state index contributed by atoms with van der Waals surface area (Å²) in [7, 11) is -3.29. The zero-order valence-electron chi connectivity index (χ0n) is 18.1. The van der Waals surface area contributed by atoms with E-state index in [2.05, 4.69) is 15.1 Å². The number of hydrogen-bond donors (Lipinski definition) is 0. The van der Waals surface area contributed by atoms with Crippen molar-refractivity contribution >= 4 is 27.0 Å².